The van der Waals surface area contributed by atoms with Crippen LogP contribution < -0.4 is 0 Å². The Morgan fingerprint density at radius 2 is 1.70 bits per heavy atom. The summed E-state index contributed by atoms with van der Waals surface area (Å²) in [5, 5.41) is 9.19. The number of carbonyl (C=O) groups excluding carboxylic acids is 4. The normalized spacial score (nSPS) is 15.1. The second-order valence-electron chi connectivity index (χ2n) is 8.19. The number of carbonyl (C=O) groups is 4. The molecule has 0 aromatic rings. The van der Waals surface area contributed by atoms with Crippen LogP contribution in [0.4, 0.5) is 14.4 Å². The molecule has 0 N–H and O–H groups in total. The highest BCUT2D eigenvalue weighted by Crippen LogP contribution is 2.19. The standard InChI is InChI=1S/C18H29N5O7/c1-9-28-19-10-13-11-21(23(12(2)24)16(27)30-18(6,7)8)14(25)22(20-13)15(26)29-17(3,4)5/h10H,9,11H2,1-8H3. The van der Waals surface area contributed by atoms with Crippen LogP contribution >= 0.6 is 0 Å². The minimum atomic E-state index is -1.09. The molecule has 0 aliphatic carbocycles. The van der Waals surface area contributed by atoms with Gasteiger partial charge >= 0.3 is 18.2 Å². The first-order valence-electron chi connectivity index (χ1n) is 9.27. The molecule has 0 aromatic carbocycles. The minimum Gasteiger partial charge on any atom is -0.442 e. The molecule has 0 saturated carbocycles. The Bertz CT molecular complexity index is 749. The molecule has 1 rings (SSSR count). The minimum absolute atomic E-state index is 0.0590. The summed E-state index contributed by atoms with van der Waals surface area (Å²) in [6, 6.07) is -1.07. The first-order valence-corrected chi connectivity index (χ1v) is 9.27. The van der Waals surface area contributed by atoms with Crippen LogP contribution in [0.25, 0.3) is 0 Å². The summed E-state index contributed by atoms with van der Waals surface area (Å²) in [5.74, 6) is -0.801. The maximum Gasteiger partial charge on any atom is 0.439 e. The van der Waals surface area contributed by atoms with E-state index in [4.69, 9.17) is 14.3 Å². The van der Waals surface area contributed by atoms with Gasteiger partial charge < -0.3 is 14.3 Å². The molecule has 0 fully saturated rings. The number of amides is 5. The topological polar surface area (TPSA) is 130 Å². The van der Waals surface area contributed by atoms with Crippen molar-refractivity contribution < 1.29 is 33.5 Å². The highest BCUT2D eigenvalue weighted by atomic mass is 16.6. The van der Waals surface area contributed by atoms with E-state index in [0.29, 0.717) is 10.0 Å². The van der Waals surface area contributed by atoms with Gasteiger partial charge in [-0.2, -0.15) is 5.10 Å². The lowest BCUT2D eigenvalue weighted by atomic mass is 10.2. The van der Waals surface area contributed by atoms with Crippen molar-refractivity contribution in [1.29, 1.82) is 0 Å². The Kier molecular flexibility index (Phi) is 7.91. The van der Waals surface area contributed by atoms with E-state index in [1.165, 1.54) is 0 Å². The molecule has 12 nitrogen and oxygen atoms in total. The Morgan fingerprint density at radius 3 is 2.17 bits per heavy atom. The number of hydrazone groups is 1. The number of imide groups is 2. The lowest BCUT2D eigenvalue weighted by Gasteiger charge is -2.37. The van der Waals surface area contributed by atoms with Gasteiger partial charge in [0.2, 0.25) is 5.91 Å². The van der Waals surface area contributed by atoms with Crippen molar-refractivity contribution in [2.24, 2.45) is 10.3 Å². The van der Waals surface area contributed by atoms with Crippen LogP contribution in [0.2, 0.25) is 0 Å². The zero-order valence-corrected chi connectivity index (χ0v) is 18.6. The largest absolute Gasteiger partial charge is 0.442 e. The smallest absolute Gasteiger partial charge is 0.439 e. The number of oxime groups is 1. The fraction of sp³-hybridized carbons (Fsp3) is 0.667. The van der Waals surface area contributed by atoms with Gasteiger partial charge in [-0.1, -0.05) is 5.16 Å². The molecule has 0 atom stereocenters. The number of hydrazine groups is 1. The summed E-state index contributed by atoms with van der Waals surface area (Å²) >= 11 is 0. The Morgan fingerprint density at radius 1 is 1.13 bits per heavy atom. The number of hydrogen-bond donors (Lipinski definition) is 0. The van der Waals surface area contributed by atoms with Crippen LogP contribution in [0.3, 0.4) is 0 Å². The number of urea groups is 1. The summed E-state index contributed by atoms with van der Waals surface area (Å²) in [7, 11) is 0. The van der Waals surface area contributed by atoms with Gasteiger partial charge in [-0.25, -0.2) is 19.4 Å². The van der Waals surface area contributed by atoms with Gasteiger partial charge in [-0.3, -0.25) is 4.79 Å². The van der Waals surface area contributed by atoms with Gasteiger partial charge in [0.25, 0.3) is 0 Å². The number of ether oxygens (including phenoxy) is 2. The van der Waals surface area contributed by atoms with Crippen molar-refractivity contribution in [3.63, 3.8) is 0 Å². The molecule has 1 aliphatic heterocycles. The summed E-state index contributed by atoms with van der Waals surface area (Å²) in [4.78, 5) is 55.0. The van der Waals surface area contributed by atoms with Crippen LogP contribution in [0.5, 0.6) is 0 Å². The van der Waals surface area contributed by atoms with Crippen LogP contribution in [-0.4, -0.2) is 75.4 Å². The maximum atomic E-state index is 12.9. The van der Waals surface area contributed by atoms with Gasteiger partial charge in [0.15, 0.2) is 0 Å². The van der Waals surface area contributed by atoms with Crippen molar-refractivity contribution in [3.05, 3.63) is 0 Å². The van der Waals surface area contributed by atoms with Crippen molar-refractivity contribution in [1.82, 2.24) is 15.0 Å². The Labute approximate surface area is 175 Å². The molecular formula is C18H29N5O7. The molecule has 30 heavy (non-hydrogen) atoms. The molecule has 0 bridgehead atoms. The SMILES string of the molecule is CCON=CC1=NN(C(=O)OC(C)(C)C)C(=O)N(N(C(C)=O)C(=O)OC(C)(C)C)C1. The molecule has 168 valence electrons. The van der Waals surface area contributed by atoms with Gasteiger partial charge in [-0.15, -0.1) is 10.0 Å². The van der Waals surface area contributed by atoms with Crippen LogP contribution in [0.1, 0.15) is 55.4 Å². The van der Waals surface area contributed by atoms with E-state index in [1.807, 2.05) is 0 Å². The molecule has 0 radical (unpaired) electrons. The monoisotopic (exact) mass is 427 g/mol. The highest BCUT2D eigenvalue weighted by molar-refractivity contribution is 6.32. The number of nitrogens with zero attached hydrogens (tertiary/aromatic N) is 5. The maximum absolute atomic E-state index is 12.9. The van der Waals surface area contributed by atoms with Crippen LogP contribution in [-0.2, 0) is 19.1 Å². The average Bonchev–Trinajstić information content (AvgIpc) is 2.54. The lowest BCUT2D eigenvalue weighted by Crippen LogP contribution is -2.61. The van der Waals surface area contributed by atoms with Gasteiger partial charge in [0.05, 0.1) is 12.8 Å². The third-order valence-electron chi connectivity index (χ3n) is 3.02. The highest BCUT2D eigenvalue weighted by Gasteiger charge is 2.42. The summed E-state index contributed by atoms with van der Waals surface area (Å²) in [6.45, 7) is 12.4. The number of rotatable bonds is 4. The molecule has 0 unspecified atom stereocenters. The van der Waals surface area contributed by atoms with E-state index in [2.05, 4.69) is 10.3 Å². The molecule has 0 spiro atoms. The van der Waals surface area contributed by atoms with E-state index in [1.54, 1.807) is 48.5 Å². The predicted molar refractivity (Wildman–Crippen MR) is 106 cm³/mol. The molecule has 1 heterocycles. The molecule has 0 saturated heterocycles. The quantitative estimate of drug-likeness (QED) is 0.498. The van der Waals surface area contributed by atoms with E-state index in [9.17, 15) is 19.2 Å². The van der Waals surface area contributed by atoms with E-state index >= 15 is 0 Å². The first-order chi connectivity index (χ1) is 13.7. The van der Waals surface area contributed by atoms with E-state index < -0.39 is 35.3 Å². The zero-order valence-electron chi connectivity index (χ0n) is 18.6. The average molecular weight is 427 g/mol. The first kappa shape index (κ1) is 24.9. The fourth-order valence-corrected chi connectivity index (χ4v) is 2.06. The molecular weight excluding hydrogens is 398 g/mol. The lowest BCUT2D eigenvalue weighted by molar-refractivity contribution is -0.140. The Hall–Kier alpha value is -3.18. The molecule has 12 heteroatoms. The summed E-state index contributed by atoms with van der Waals surface area (Å²) < 4.78 is 10.4. The van der Waals surface area contributed by atoms with Crippen molar-refractivity contribution in [2.45, 2.75) is 66.6 Å². The van der Waals surface area contributed by atoms with Gasteiger partial charge in [0, 0.05) is 6.92 Å². The van der Waals surface area contributed by atoms with E-state index in [-0.39, 0.29) is 18.9 Å². The molecule has 5 amide bonds. The number of hydrogen-bond acceptors (Lipinski definition) is 9. The van der Waals surface area contributed by atoms with Crippen LogP contribution in [0.15, 0.2) is 10.3 Å². The second-order valence-corrected chi connectivity index (χ2v) is 8.19. The van der Waals surface area contributed by atoms with Crippen molar-refractivity contribution >= 4 is 36.1 Å². The molecule has 0 aromatic heterocycles. The Balaban J connectivity index is 3.34. The van der Waals surface area contributed by atoms with Gasteiger partial charge in [-0.05, 0) is 48.5 Å². The molecule has 1 aliphatic rings. The summed E-state index contributed by atoms with van der Waals surface area (Å²) in [5.41, 5.74) is -1.79. The zero-order chi connectivity index (χ0) is 23.3. The van der Waals surface area contributed by atoms with Gasteiger partial charge in [0.1, 0.15) is 23.5 Å². The van der Waals surface area contributed by atoms with Crippen LogP contribution in [0, 0.1) is 0 Å². The van der Waals surface area contributed by atoms with Crippen molar-refractivity contribution in [2.75, 3.05) is 13.2 Å². The summed E-state index contributed by atoms with van der Waals surface area (Å²) in [6.07, 6.45) is -1.02. The predicted octanol–water partition coefficient (Wildman–Crippen LogP) is 2.74. The third-order valence-corrected chi connectivity index (χ3v) is 3.02. The third kappa shape index (κ3) is 7.33. The van der Waals surface area contributed by atoms with E-state index in [0.717, 1.165) is 18.1 Å². The second kappa shape index (κ2) is 9.55. The fourth-order valence-electron chi connectivity index (χ4n) is 2.06. The van der Waals surface area contributed by atoms with Crippen molar-refractivity contribution in [3.8, 4) is 0 Å².